The maximum Gasteiger partial charge on any atom is 0.306 e. The molecule has 0 heterocycles. The molecular weight excluding hydrogens is 368 g/mol. The average molecular weight is 405 g/mol. The lowest BCUT2D eigenvalue weighted by Crippen LogP contribution is -2.23. The SMILES string of the molecule is O=C(CCS)OCCCOc1ccc([C@H]2CC[C@H](C3CCCCC3)CC2)cc1. The molecule has 1 aromatic rings. The van der Waals surface area contributed by atoms with Gasteiger partial charge < -0.3 is 9.47 Å². The number of benzene rings is 1. The number of hydrogen-bond acceptors (Lipinski definition) is 4. The summed E-state index contributed by atoms with van der Waals surface area (Å²) in [5.41, 5.74) is 1.47. The highest BCUT2D eigenvalue weighted by Gasteiger charge is 2.28. The monoisotopic (exact) mass is 404 g/mol. The summed E-state index contributed by atoms with van der Waals surface area (Å²) in [6, 6.07) is 8.67. The summed E-state index contributed by atoms with van der Waals surface area (Å²) in [4.78, 5) is 11.3. The number of thiol groups is 1. The Hall–Kier alpha value is -1.16. The number of esters is 1. The predicted molar refractivity (Wildman–Crippen MR) is 117 cm³/mol. The Balaban J connectivity index is 1.35. The molecule has 0 spiro atoms. The van der Waals surface area contributed by atoms with Crippen LogP contribution in [-0.2, 0) is 9.53 Å². The zero-order chi connectivity index (χ0) is 19.6. The number of carbonyl (C=O) groups is 1. The van der Waals surface area contributed by atoms with E-state index < -0.39 is 0 Å². The number of rotatable bonds is 9. The second kappa shape index (κ2) is 11.7. The van der Waals surface area contributed by atoms with Crippen LogP contribution >= 0.6 is 12.6 Å². The third-order valence-electron chi connectivity index (χ3n) is 6.58. The van der Waals surface area contributed by atoms with Crippen LogP contribution in [0.15, 0.2) is 24.3 Å². The van der Waals surface area contributed by atoms with Crippen LogP contribution in [0, 0.1) is 11.8 Å². The van der Waals surface area contributed by atoms with E-state index in [-0.39, 0.29) is 5.97 Å². The summed E-state index contributed by atoms with van der Waals surface area (Å²) in [5, 5.41) is 0. The summed E-state index contributed by atoms with van der Waals surface area (Å²) in [7, 11) is 0. The fourth-order valence-corrected chi connectivity index (χ4v) is 5.15. The van der Waals surface area contributed by atoms with Crippen molar-refractivity contribution >= 4 is 18.6 Å². The molecule has 1 aromatic carbocycles. The lowest BCUT2D eigenvalue weighted by Gasteiger charge is -2.36. The Bertz CT molecular complexity index is 572. The van der Waals surface area contributed by atoms with Gasteiger partial charge in [-0.1, -0.05) is 44.2 Å². The molecule has 2 aliphatic carbocycles. The highest BCUT2D eigenvalue weighted by atomic mass is 32.1. The van der Waals surface area contributed by atoms with E-state index in [9.17, 15) is 4.79 Å². The molecule has 0 N–H and O–H groups in total. The van der Waals surface area contributed by atoms with Gasteiger partial charge in [-0.3, -0.25) is 4.79 Å². The molecule has 2 fully saturated rings. The lowest BCUT2D eigenvalue weighted by atomic mass is 9.70. The highest BCUT2D eigenvalue weighted by Crippen LogP contribution is 2.43. The summed E-state index contributed by atoms with van der Waals surface area (Å²) in [6.07, 6.45) is 14.0. The first-order valence-electron chi connectivity index (χ1n) is 11.3. The third-order valence-corrected chi connectivity index (χ3v) is 6.80. The second-order valence-corrected chi connectivity index (χ2v) is 8.92. The van der Waals surface area contributed by atoms with Crippen LogP contribution in [-0.4, -0.2) is 24.9 Å². The Labute approximate surface area is 176 Å². The van der Waals surface area contributed by atoms with Crippen LogP contribution in [0.2, 0.25) is 0 Å². The van der Waals surface area contributed by atoms with Crippen molar-refractivity contribution in [3.05, 3.63) is 29.8 Å². The van der Waals surface area contributed by atoms with Gasteiger partial charge in [0.15, 0.2) is 0 Å². The van der Waals surface area contributed by atoms with Crippen molar-refractivity contribution in [1.29, 1.82) is 0 Å². The fraction of sp³-hybridized carbons (Fsp3) is 0.708. The normalized spacial score (nSPS) is 23.3. The maximum absolute atomic E-state index is 11.3. The molecule has 2 aliphatic rings. The zero-order valence-corrected chi connectivity index (χ0v) is 18.0. The van der Waals surface area contributed by atoms with E-state index in [4.69, 9.17) is 9.47 Å². The fourth-order valence-electron chi connectivity index (χ4n) is 4.96. The van der Waals surface area contributed by atoms with Crippen LogP contribution in [0.4, 0.5) is 0 Å². The molecule has 4 heteroatoms. The van der Waals surface area contributed by atoms with Gasteiger partial charge in [0, 0.05) is 12.2 Å². The first-order chi connectivity index (χ1) is 13.8. The molecule has 0 amide bonds. The molecule has 0 atom stereocenters. The van der Waals surface area contributed by atoms with Crippen LogP contribution in [0.25, 0.3) is 0 Å². The highest BCUT2D eigenvalue weighted by molar-refractivity contribution is 7.80. The minimum absolute atomic E-state index is 0.183. The van der Waals surface area contributed by atoms with Crippen molar-refractivity contribution in [3.63, 3.8) is 0 Å². The Morgan fingerprint density at radius 1 is 0.893 bits per heavy atom. The summed E-state index contributed by atoms with van der Waals surface area (Å²) >= 11 is 4.02. The van der Waals surface area contributed by atoms with Crippen LogP contribution < -0.4 is 4.74 Å². The van der Waals surface area contributed by atoms with Gasteiger partial charge in [-0.2, -0.15) is 12.6 Å². The van der Waals surface area contributed by atoms with Gasteiger partial charge >= 0.3 is 5.97 Å². The van der Waals surface area contributed by atoms with Gasteiger partial charge in [-0.05, 0) is 61.1 Å². The van der Waals surface area contributed by atoms with E-state index in [2.05, 4.69) is 36.9 Å². The third kappa shape index (κ3) is 6.72. The minimum Gasteiger partial charge on any atom is -0.493 e. The number of hydrogen-bond donors (Lipinski definition) is 1. The van der Waals surface area contributed by atoms with Gasteiger partial charge in [-0.15, -0.1) is 0 Å². The summed E-state index contributed by atoms with van der Waals surface area (Å²) in [5.74, 6) is 3.98. The molecule has 0 bridgehead atoms. The Kier molecular flexibility index (Phi) is 9.04. The van der Waals surface area contributed by atoms with Crippen molar-refractivity contribution in [2.45, 2.75) is 76.5 Å². The van der Waals surface area contributed by atoms with Crippen LogP contribution in [0.3, 0.4) is 0 Å². The second-order valence-electron chi connectivity index (χ2n) is 8.47. The molecule has 0 aromatic heterocycles. The van der Waals surface area contributed by atoms with Crippen molar-refractivity contribution in [2.24, 2.45) is 11.8 Å². The van der Waals surface area contributed by atoms with E-state index >= 15 is 0 Å². The molecule has 2 saturated carbocycles. The molecule has 0 unspecified atom stereocenters. The van der Waals surface area contributed by atoms with Crippen molar-refractivity contribution in [3.8, 4) is 5.75 Å². The van der Waals surface area contributed by atoms with Gasteiger partial charge in [0.1, 0.15) is 5.75 Å². The van der Waals surface area contributed by atoms with Crippen molar-refractivity contribution in [1.82, 2.24) is 0 Å². The zero-order valence-electron chi connectivity index (χ0n) is 17.1. The quantitative estimate of drug-likeness (QED) is 0.303. The first-order valence-corrected chi connectivity index (χ1v) is 11.9. The molecule has 0 radical (unpaired) electrons. The van der Waals surface area contributed by atoms with E-state index in [1.165, 1.54) is 63.4 Å². The lowest BCUT2D eigenvalue weighted by molar-refractivity contribution is -0.143. The van der Waals surface area contributed by atoms with E-state index in [0.717, 1.165) is 23.5 Å². The molecule has 3 nitrogen and oxygen atoms in total. The maximum atomic E-state index is 11.3. The standard InChI is InChI=1S/C24H36O3S/c25-24(15-18-28)27-17-4-16-26-23-13-11-22(12-14-23)21-9-7-20(8-10-21)19-5-2-1-3-6-19/h11-14,19-21,28H,1-10,15-18H2/t20-,21-. The van der Waals surface area contributed by atoms with Gasteiger partial charge in [0.25, 0.3) is 0 Å². The van der Waals surface area contributed by atoms with Gasteiger partial charge in [0.05, 0.1) is 19.6 Å². The molecular formula is C24H36O3S. The van der Waals surface area contributed by atoms with Gasteiger partial charge in [0.2, 0.25) is 0 Å². The molecule has 3 rings (SSSR count). The van der Waals surface area contributed by atoms with Crippen molar-refractivity contribution in [2.75, 3.05) is 19.0 Å². The van der Waals surface area contributed by atoms with E-state index in [1.807, 2.05) is 0 Å². The largest absolute Gasteiger partial charge is 0.493 e. The Morgan fingerprint density at radius 2 is 1.57 bits per heavy atom. The molecule has 0 saturated heterocycles. The van der Waals surface area contributed by atoms with E-state index in [1.54, 1.807) is 0 Å². The molecule has 0 aliphatic heterocycles. The van der Waals surface area contributed by atoms with E-state index in [0.29, 0.717) is 31.8 Å². The number of ether oxygens (including phenoxy) is 2. The Morgan fingerprint density at radius 3 is 2.25 bits per heavy atom. The van der Waals surface area contributed by atoms with Crippen LogP contribution in [0.1, 0.15) is 82.1 Å². The summed E-state index contributed by atoms with van der Waals surface area (Å²) in [6.45, 7) is 0.981. The first kappa shape index (κ1) is 21.5. The van der Waals surface area contributed by atoms with Gasteiger partial charge in [-0.25, -0.2) is 0 Å². The average Bonchev–Trinajstić information content (AvgIpc) is 2.75. The predicted octanol–water partition coefficient (Wildman–Crippen LogP) is 6.17. The molecule has 156 valence electrons. The summed E-state index contributed by atoms with van der Waals surface area (Å²) < 4.78 is 10.9. The topological polar surface area (TPSA) is 35.5 Å². The minimum atomic E-state index is -0.183. The van der Waals surface area contributed by atoms with Crippen molar-refractivity contribution < 1.29 is 14.3 Å². The smallest absolute Gasteiger partial charge is 0.306 e. The molecule has 28 heavy (non-hydrogen) atoms. The number of carbonyl (C=O) groups excluding carboxylic acids is 1. The van der Waals surface area contributed by atoms with Crippen LogP contribution in [0.5, 0.6) is 5.75 Å².